The number of allylic oxidation sites excluding steroid dienone is 2. The quantitative estimate of drug-likeness (QED) is 0.550. The van der Waals surface area contributed by atoms with Crippen LogP contribution in [0.4, 0.5) is 5.69 Å². The summed E-state index contributed by atoms with van der Waals surface area (Å²) in [5.41, 5.74) is 3.60. The van der Waals surface area contributed by atoms with Crippen molar-refractivity contribution in [2.24, 2.45) is 0 Å². The molecule has 4 nitrogen and oxygen atoms in total. The first-order valence-electron chi connectivity index (χ1n) is 9.76. The van der Waals surface area contributed by atoms with Gasteiger partial charge in [0, 0.05) is 23.6 Å². The van der Waals surface area contributed by atoms with Crippen LogP contribution < -0.4 is 9.47 Å². The van der Waals surface area contributed by atoms with Crippen molar-refractivity contribution in [2.45, 2.75) is 24.8 Å². The molecule has 2 aromatic carbocycles. The SMILES string of the molecule is C/C(=C/c1sc2ccccc2[n+]1CCO)C/C=C1\Sc2ccccc2N1CCO. The van der Waals surface area contributed by atoms with Gasteiger partial charge in [0.25, 0.3) is 5.01 Å². The Bertz CT molecular complexity index is 1070. The summed E-state index contributed by atoms with van der Waals surface area (Å²) in [6.45, 7) is 3.60. The van der Waals surface area contributed by atoms with Crippen molar-refractivity contribution in [1.82, 2.24) is 0 Å². The zero-order valence-electron chi connectivity index (χ0n) is 16.4. The third kappa shape index (κ3) is 4.26. The molecule has 0 aliphatic carbocycles. The minimum atomic E-state index is 0.125. The smallest absolute Gasteiger partial charge is 0.262 e. The Morgan fingerprint density at radius 3 is 2.69 bits per heavy atom. The van der Waals surface area contributed by atoms with Crippen LogP contribution in [-0.4, -0.2) is 30.0 Å². The molecule has 0 amide bonds. The van der Waals surface area contributed by atoms with E-state index in [0.717, 1.165) is 11.4 Å². The summed E-state index contributed by atoms with van der Waals surface area (Å²) in [6, 6.07) is 16.7. The van der Waals surface area contributed by atoms with Gasteiger partial charge in [-0.1, -0.05) is 52.9 Å². The summed E-state index contributed by atoms with van der Waals surface area (Å²) in [4.78, 5) is 3.43. The van der Waals surface area contributed by atoms with Crippen molar-refractivity contribution in [3.63, 3.8) is 0 Å². The van der Waals surface area contributed by atoms with Crippen LogP contribution in [0.2, 0.25) is 0 Å². The van der Waals surface area contributed by atoms with Crippen LogP contribution in [0.3, 0.4) is 0 Å². The number of para-hydroxylation sites is 2. The maximum atomic E-state index is 9.49. The Kier molecular flexibility index (Phi) is 6.35. The lowest BCUT2D eigenvalue weighted by Crippen LogP contribution is -2.36. The molecule has 0 fully saturated rings. The Labute approximate surface area is 179 Å². The van der Waals surface area contributed by atoms with Crippen LogP contribution in [0.15, 0.2) is 70.1 Å². The zero-order chi connectivity index (χ0) is 20.2. The van der Waals surface area contributed by atoms with Gasteiger partial charge in [-0.15, -0.1) is 0 Å². The first kappa shape index (κ1) is 20.2. The van der Waals surface area contributed by atoms with E-state index < -0.39 is 0 Å². The molecular formula is C23H25N2O2S2+. The number of aromatic nitrogens is 1. The second-order valence-electron chi connectivity index (χ2n) is 6.97. The highest BCUT2D eigenvalue weighted by atomic mass is 32.2. The number of benzene rings is 2. The molecule has 150 valence electrons. The van der Waals surface area contributed by atoms with Crippen LogP contribution in [-0.2, 0) is 6.54 Å². The van der Waals surface area contributed by atoms with Gasteiger partial charge in [0.05, 0.1) is 17.3 Å². The van der Waals surface area contributed by atoms with Crippen molar-refractivity contribution in [1.29, 1.82) is 0 Å². The van der Waals surface area contributed by atoms with Crippen LogP contribution in [0.5, 0.6) is 0 Å². The summed E-state index contributed by atoms with van der Waals surface area (Å²) >= 11 is 3.52. The van der Waals surface area contributed by atoms with Crippen LogP contribution in [0.1, 0.15) is 18.4 Å². The number of fused-ring (bicyclic) bond motifs is 2. The number of anilines is 1. The number of nitrogens with zero attached hydrogens (tertiary/aromatic N) is 2. The summed E-state index contributed by atoms with van der Waals surface area (Å²) < 4.78 is 3.42. The fraction of sp³-hybridized carbons (Fsp3) is 0.261. The molecule has 0 radical (unpaired) electrons. The van der Waals surface area contributed by atoms with E-state index in [4.69, 9.17) is 0 Å². The summed E-state index contributed by atoms with van der Waals surface area (Å²) in [6.07, 6.45) is 5.31. The van der Waals surface area contributed by atoms with Gasteiger partial charge in [-0.05, 0) is 37.6 Å². The van der Waals surface area contributed by atoms with E-state index >= 15 is 0 Å². The summed E-state index contributed by atoms with van der Waals surface area (Å²) in [7, 11) is 0. The lowest BCUT2D eigenvalue weighted by molar-refractivity contribution is -0.670. The molecule has 2 heterocycles. The van der Waals surface area contributed by atoms with Crippen LogP contribution in [0.25, 0.3) is 16.3 Å². The third-order valence-electron chi connectivity index (χ3n) is 4.89. The van der Waals surface area contributed by atoms with E-state index in [0.29, 0.717) is 13.1 Å². The molecule has 1 aliphatic rings. The predicted molar refractivity (Wildman–Crippen MR) is 122 cm³/mol. The summed E-state index contributed by atoms with van der Waals surface area (Å²) in [5, 5.41) is 21.3. The lowest BCUT2D eigenvalue weighted by Gasteiger charge is -2.19. The van der Waals surface area contributed by atoms with Crippen molar-refractivity contribution in [2.75, 3.05) is 24.7 Å². The third-order valence-corrected chi connectivity index (χ3v) is 7.16. The molecule has 0 saturated heterocycles. The topological polar surface area (TPSA) is 47.6 Å². The number of thiazole rings is 1. The van der Waals surface area contributed by atoms with Gasteiger partial charge >= 0.3 is 0 Å². The van der Waals surface area contributed by atoms with Gasteiger partial charge < -0.3 is 15.1 Å². The molecule has 29 heavy (non-hydrogen) atoms. The highest BCUT2D eigenvalue weighted by molar-refractivity contribution is 8.03. The van der Waals surface area contributed by atoms with Gasteiger partial charge in [0.2, 0.25) is 5.52 Å². The van der Waals surface area contributed by atoms with E-state index in [1.54, 1.807) is 23.1 Å². The Morgan fingerprint density at radius 2 is 1.86 bits per heavy atom. The first-order chi connectivity index (χ1) is 14.2. The number of hydrogen-bond donors (Lipinski definition) is 2. The average Bonchev–Trinajstić information content (AvgIpc) is 3.25. The second-order valence-corrected chi connectivity index (χ2v) is 9.09. The Balaban J connectivity index is 1.58. The standard InChI is InChI=1S/C23H25N2O2S2/c1-17(16-23-25(13-15-27)19-7-3-5-9-21(19)29-23)10-11-22-24(12-14-26)18-6-2-4-8-20(18)28-22/h2-9,11,16,26-27H,10,12-15H2,1H3/q+1/b17-16-,22-11-. The molecule has 3 aromatic rings. The molecule has 1 aromatic heterocycles. The van der Waals surface area contributed by atoms with Gasteiger partial charge in [0.1, 0.15) is 11.3 Å². The van der Waals surface area contributed by atoms with Crippen LogP contribution >= 0.6 is 23.1 Å². The minimum absolute atomic E-state index is 0.125. The molecule has 0 unspecified atom stereocenters. The molecule has 0 bridgehead atoms. The number of β-amino-alcohol motifs (C(OH)–C–C–N with tert-alkyl or cyclic N) is 1. The monoisotopic (exact) mass is 425 g/mol. The van der Waals surface area contributed by atoms with E-state index in [9.17, 15) is 10.2 Å². The summed E-state index contributed by atoms with van der Waals surface area (Å²) in [5.74, 6) is 0. The number of hydrogen-bond acceptors (Lipinski definition) is 5. The fourth-order valence-corrected chi connectivity index (χ4v) is 5.88. The van der Waals surface area contributed by atoms with E-state index in [-0.39, 0.29) is 13.2 Å². The van der Waals surface area contributed by atoms with Gasteiger partial charge in [0.15, 0.2) is 6.54 Å². The van der Waals surface area contributed by atoms with Gasteiger partial charge in [-0.25, -0.2) is 0 Å². The largest absolute Gasteiger partial charge is 0.395 e. The molecular weight excluding hydrogens is 400 g/mol. The van der Waals surface area contributed by atoms with E-state index in [1.165, 1.54) is 31.4 Å². The average molecular weight is 426 g/mol. The molecule has 1 aliphatic heterocycles. The van der Waals surface area contributed by atoms with Crippen molar-refractivity contribution < 1.29 is 14.8 Å². The van der Waals surface area contributed by atoms with Crippen molar-refractivity contribution in [3.8, 4) is 0 Å². The molecule has 0 spiro atoms. The van der Waals surface area contributed by atoms with Gasteiger partial charge in [-0.3, -0.25) is 0 Å². The number of thioether (sulfide) groups is 1. The maximum Gasteiger partial charge on any atom is 0.262 e. The molecule has 2 N–H and O–H groups in total. The highest BCUT2D eigenvalue weighted by Gasteiger charge is 2.24. The Morgan fingerprint density at radius 1 is 1.07 bits per heavy atom. The second kappa shape index (κ2) is 9.13. The Hall–Kier alpha value is -2.12. The maximum absolute atomic E-state index is 9.49. The minimum Gasteiger partial charge on any atom is -0.395 e. The number of aliphatic hydroxyl groups excluding tert-OH is 2. The number of rotatable bonds is 7. The van der Waals surface area contributed by atoms with E-state index in [2.05, 4.69) is 64.9 Å². The van der Waals surface area contributed by atoms with Crippen LogP contribution in [0, 0.1) is 0 Å². The normalized spacial score (nSPS) is 15.5. The molecule has 0 atom stereocenters. The fourth-order valence-electron chi connectivity index (χ4n) is 3.54. The van der Waals surface area contributed by atoms with Crippen molar-refractivity contribution in [3.05, 3.63) is 70.2 Å². The predicted octanol–water partition coefficient (Wildman–Crippen LogP) is 4.42. The lowest BCUT2D eigenvalue weighted by atomic mass is 10.2. The number of aliphatic hydroxyl groups is 2. The molecule has 6 heteroatoms. The molecule has 0 saturated carbocycles. The molecule has 4 rings (SSSR count). The van der Waals surface area contributed by atoms with Crippen molar-refractivity contribution >= 4 is 45.1 Å². The zero-order valence-corrected chi connectivity index (χ0v) is 18.0. The van der Waals surface area contributed by atoms with E-state index in [1.807, 2.05) is 12.1 Å². The first-order valence-corrected chi connectivity index (χ1v) is 11.4. The van der Waals surface area contributed by atoms with Gasteiger partial charge in [-0.2, -0.15) is 4.57 Å². The highest BCUT2D eigenvalue weighted by Crippen LogP contribution is 2.45.